The van der Waals surface area contributed by atoms with Crippen molar-refractivity contribution in [2.45, 2.75) is 43.6 Å². The first-order valence-corrected chi connectivity index (χ1v) is 10.5. The van der Waals surface area contributed by atoms with Gasteiger partial charge in [0.2, 0.25) is 0 Å². The Morgan fingerprint density at radius 3 is 2.86 bits per heavy atom. The second kappa shape index (κ2) is 9.24. The smallest absolute Gasteiger partial charge is 1.00 e. The van der Waals surface area contributed by atoms with Gasteiger partial charge in [-0.1, -0.05) is 12.1 Å². The number of hydrogen-bond acceptors (Lipinski definition) is 6. The van der Waals surface area contributed by atoms with E-state index in [9.17, 15) is 4.21 Å². The van der Waals surface area contributed by atoms with Crippen molar-refractivity contribution >= 4 is 21.8 Å². The van der Waals surface area contributed by atoms with Crippen LogP contribution < -0.4 is 34.3 Å². The van der Waals surface area contributed by atoms with Crippen LogP contribution in [0.1, 0.15) is 26.5 Å². The number of benzene rings is 1. The Balaban J connectivity index is 0.00000160. The molecule has 1 saturated heterocycles. The van der Waals surface area contributed by atoms with Gasteiger partial charge in [-0.2, -0.15) is 0 Å². The molecule has 1 aromatic carbocycles. The van der Waals surface area contributed by atoms with Crippen LogP contribution in [0.3, 0.4) is 0 Å². The number of imidazole rings is 1. The number of fused-ring (bicyclic) bond motifs is 1. The first-order valence-electron chi connectivity index (χ1n) is 9.13. The van der Waals surface area contributed by atoms with Crippen LogP contribution in [0, 0.1) is 6.92 Å². The Morgan fingerprint density at radius 1 is 1.34 bits per heavy atom. The number of nitrogens with one attached hydrogen (secondary N) is 1. The Kier molecular flexibility index (Phi) is 7.14. The molecule has 0 spiro atoms. The van der Waals surface area contributed by atoms with E-state index in [0.717, 1.165) is 22.3 Å². The fourth-order valence-corrected chi connectivity index (χ4v) is 4.22. The predicted molar refractivity (Wildman–Crippen MR) is 107 cm³/mol. The van der Waals surface area contributed by atoms with Crippen LogP contribution in [0.25, 0.3) is 11.0 Å². The molecule has 1 aliphatic heterocycles. The number of aromatic amines is 1. The molecule has 0 aliphatic carbocycles. The molecule has 4 rings (SSSR count). The number of ether oxygens (including phenoxy) is 3. The summed E-state index contributed by atoms with van der Waals surface area (Å²) in [6.45, 7) is 6.58. The van der Waals surface area contributed by atoms with Crippen molar-refractivity contribution in [1.29, 1.82) is 0 Å². The first kappa shape index (κ1) is 22.4. The van der Waals surface area contributed by atoms with Gasteiger partial charge in [0.1, 0.15) is 18.5 Å². The molecule has 150 valence electrons. The van der Waals surface area contributed by atoms with Crippen molar-refractivity contribution in [2.24, 2.45) is 0 Å². The number of aromatic nitrogens is 3. The Labute approximate surface area is 195 Å². The zero-order valence-corrected chi connectivity index (χ0v) is 19.9. The maximum Gasteiger partial charge on any atom is 1.00 e. The molecule has 29 heavy (non-hydrogen) atoms. The van der Waals surface area contributed by atoms with Crippen LogP contribution in [-0.4, -0.2) is 44.3 Å². The molecule has 1 unspecified atom stereocenters. The van der Waals surface area contributed by atoms with E-state index in [1.54, 1.807) is 6.20 Å². The summed E-state index contributed by atoms with van der Waals surface area (Å²) >= 11 is 0. The number of H-pyrrole nitrogens is 1. The average Bonchev–Trinajstić information content (AvgIpc) is 3.25. The Hall–Kier alpha value is -1.29. The molecule has 1 fully saturated rings. The monoisotopic (exact) mass is 425 g/mol. The van der Waals surface area contributed by atoms with E-state index in [0.29, 0.717) is 24.1 Å². The Bertz CT molecular complexity index is 997. The molecule has 1 aliphatic rings. The van der Waals surface area contributed by atoms with Crippen LogP contribution >= 0.6 is 0 Å². The van der Waals surface area contributed by atoms with Crippen LogP contribution in [0.5, 0.6) is 5.75 Å². The molecule has 7 nitrogen and oxygen atoms in total. The van der Waals surface area contributed by atoms with Crippen LogP contribution in [-0.2, 0) is 26.0 Å². The molecular weight excluding hydrogens is 401 g/mol. The molecule has 1 N–H and O–H groups in total. The molecular formula is C20H24N3NaO4S. The molecule has 0 bridgehead atoms. The summed E-state index contributed by atoms with van der Waals surface area (Å²) in [5.74, 6) is 0.398. The standard InChI is InChI=1S/C20H23N3O4S.Na.H/c1-13-17(12-28(24)19-22-15-6-4-5-7-16(15)23-19)21-9-8-18(13)25-10-14-11-26-20(2,3)27-14;;/h4-9,14H,10-12H2,1-3H3,(H,22,23);;/q;+1;-1/t14-,28?;;/m1../s1. The van der Waals surface area contributed by atoms with Gasteiger partial charge in [0.05, 0.1) is 39.9 Å². The molecule has 0 saturated carbocycles. The fraction of sp³-hybridized carbons (Fsp3) is 0.400. The largest absolute Gasteiger partial charge is 1.00 e. The van der Waals surface area contributed by atoms with E-state index in [1.165, 1.54) is 0 Å². The summed E-state index contributed by atoms with van der Waals surface area (Å²) in [6.07, 6.45) is 1.55. The van der Waals surface area contributed by atoms with Gasteiger partial charge in [-0.05, 0) is 39.0 Å². The molecule has 0 radical (unpaired) electrons. The quantitative estimate of drug-likeness (QED) is 0.569. The topological polar surface area (TPSA) is 86.3 Å². The summed E-state index contributed by atoms with van der Waals surface area (Å²) in [5, 5.41) is 0.451. The van der Waals surface area contributed by atoms with Crippen LogP contribution in [0.4, 0.5) is 0 Å². The van der Waals surface area contributed by atoms with E-state index >= 15 is 0 Å². The normalized spacial score (nSPS) is 19.1. The van der Waals surface area contributed by atoms with Crippen molar-refractivity contribution in [3.63, 3.8) is 0 Å². The Morgan fingerprint density at radius 2 is 2.14 bits per heavy atom. The van der Waals surface area contributed by atoms with Gasteiger partial charge in [-0.25, -0.2) is 4.98 Å². The molecule has 2 aromatic heterocycles. The molecule has 9 heteroatoms. The van der Waals surface area contributed by atoms with E-state index in [2.05, 4.69) is 15.0 Å². The van der Waals surface area contributed by atoms with Gasteiger partial charge in [0.25, 0.3) is 0 Å². The number of hydrogen-bond donors (Lipinski definition) is 1. The van der Waals surface area contributed by atoms with Gasteiger partial charge in [0.15, 0.2) is 10.9 Å². The second-order valence-electron chi connectivity index (χ2n) is 7.19. The van der Waals surface area contributed by atoms with E-state index in [4.69, 9.17) is 14.2 Å². The summed E-state index contributed by atoms with van der Waals surface area (Å²) in [4.78, 5) is 11.9. The van der Waals surface area contributed by atoms with Gasteiger partial charge < -0.3 is 20.6 Å². The second-order valence-corrected chi connectivity index (χ2v) is 8.56. The number of nitrogens with zero attached hydrogens (tertiary/aromatic N) is 2. The molecule has 0 amide bonds. The summed E-state index contributed by atoms with van der Waals surface area (Å²) in [6, 6.07) is 9.43. The van der Waals surface area contributed by atoms with Crippen molar-refractivity contribution in [3.05, 3.63) is 47.8 Å². The van der Waals surface area contributed by atoms with Crippen LogP contribution in [0.2, 0.25) is 0 Å². The average molecular weight is 425 g/mol. The first-order chi connectivity index (χ1) is 13.4. The SMILES string of the molecule is Cc1c(OC[C@@H]2COC(C)(C)O2)ccnc1CS(=O)c1nc2ccccc2[nH]1.[H-].[Na+]. The summed E-state index contributed by atoms with van der Waals surface area (Å²) in [5.41, 5.74) is 3.26. The zero-order chi connectivity index (χ0) is 19.7. The molecule has 3 heterocycles. The third-order valence-electron chi connectivity index (χ3n) is 4.60. The minimum Gasteiger partial charge on any atom is -1.00 e. The number of rotatable bonds is 6. The third kappa shape index (κ3) is 5.25. The third-order valence-corrected chi connectivity index (χ3v) is 5.76. The molecule has 2 atom stereocenters. The van der Waals surface area contributed by atoms with E-state index in [-0.39, 0.29) is 42.8 Å². The van der Waals surface area contributed by atoms with E-state index < -0.39 is 16.6 Å². The van der Waals surface area contributed by atoms with Crippen molar-refractivity contribution in [3.8, 4) is 5.75 Å². The minimum absolute atomic E-state index is 0. The number of para-hydroxylation sites is 2. The minimum atomic E-state index is -1.33. The van der Waals surface area contributed by atoms with Crippen molar-refractivity contribution in [2.75, 3.05) is 13.2 Å². The van der Waals surface area contributed by atoms with Gasteiger partial charge in [-0.3, -0.25) is 9.19 Å². The summed E-state index contributed by atoms with van der Waals surface area (Å²) in [7, 11) is -1.33. The van der Waals surface area contributed by atoms with Gasteiger partial charge in [-0.15, -0.1) is 0 Å². The van der Waals surface area contributed by atoms with Crippen LogP contribution in [0.15, 0.2) is 41.7 Å². The fourth-order valence-electron chi connectivity index (χ4n) is 3.12. The van der Waals surface area contributed by atoms with Crippen molar-refractivity contribution < 1.29 is 49.4 Å². The van der Waals surface area contributed by atoms with E-state index in [1.807, 2.05) is 51.1 Å². The number of pyridine rings is 1. The van der Waals surface area contributed by atoms with Gasteiger partial charge >= 0.3 is 29.6 Å². The van der Waals surface area contributed by atoms with Gasteiger partial charge in [0, 0.05) is 11.8 Å². The maximum atomic E-state index is 12.8. The zero-order valence-electron chi connectivity index (χ0n) is 18.1. The predicted octanol–water partition coefficient (Wildman–Crippen LogP) is 0.221. The molecule has 3 aromatic rings. The maximum absolute atomic E-state index is 12.8. The summed E-state index contributed by atoms with van der Waals surface area (Å²) < 4.78 is 30.0. The van der Waals surface area contributed by atoms with Crippen molar-refractivity contribution in [1.82, 2.24) is 15.0 Å².